The lowest BCUT2D eigenvalue weighted by atomic mass is 9.67. The smallest absolute Gasteiger partial charge is 0.160 e. The zero-order valence-corrected chi connectivity index (χ0v) is 29.9. The number of fused-ring (bicyclic) bond motifs is 7. The monoisotopic (exact) mass is 699 g/mol. The third kappa shape index (κ3) is 4.80. The van der Waals surface area contributed by atoms with E-state index in [9.17, 15) is 0 Å². The summed E-state index contributed by atoms with van der Waals surface area (Å²) in [6.07, 6.45) is 0. The summed E-state index contributed by atoms with van der Waals surface area (Å²) in [6.45, 7) is 0. The molecule has 55 heavy (non-hydrogen) atoms. The fourth-order valence-electron chi connectivity index (χ4n) is 8.93. The Kier molecular flexibility index (Phi) is 7.08. The van der Waals surface area contributed by atoms with Crippen LogP contribution in [0.5, 0.6) is 0 Å². The predicted molar refractivity (Wildman–Crippen MR) is 226 cm³/mol. The molecule has 0 unspecified atom stereocenters. The summed E-state index contributed by atoms with van der Waals surface area (Å²) in [4.78, 5) is 15.8. The summed E-state index contributed by atoms with van der Waals surface area (Å²) in [5.74, 6) is 0.688. The van der Waals surface area contributed by atoms with Crippen molar-refractivity contribution in [2.45, 2.75) is 5.41 Å². The van der Waals surface area contributed by atoms with Crippen LogP contribution in [0.1, 0.15) is 22.3 Å². The highest BCUT2D eigenvalue weighted by Crippen LogP contribution is 2.57. The highest BCUT2D eigenvalue weighted by Gasteiger charge is 2.46. The quantitative estimate of drug-likeness (QED) is 0.168. The van der Waals surface area contributed by atoms with Gasteiger partial charge in [0.15, 0.2) is 5.82 Å². The van der Waals surface area contributed by atoms with E-state index < -0.39 is 5.41 Å². The van der Waals surface area contributed by atoms with Gasteiger partial charge in [0.2, 0.25) is 0 Å². The van der Waals surface area contributed by atoms with Crippen molar-refractivity contribution in [2.75, 3.05) is 0 Å². The summed E-state index contributed by atoms with van der Waals surface area (Å²) in [7, 11) is 0. The second-order valence-corrected chi connectivity index (χ2v) is 14.3. The number of aromatic nitrogens is 3. The van der Waals surface area contributed by atoms with Gasteiger partial charge in [-0.15, -0.1) is 0 Å². The van der Waals surface area contributed by atoms with E-state index in [0.29, 0.717) is 5.82 Å². The number of para-hydroxylation sites is 2. The Morgan fingerprint density at radius 2 is 0.873 bits per heavy atom. The normalized spacial score (nSPS) is 12.9. The molecule has 2 heterocycles. The standard InChI is InChI=1S/C52H33N3/c1-4-17-34(18-5-1)49-41-27-12-15-30-48(41)54-51(55-49)36-20-16-19-35(31-36)50-44-33-46-43(32-42(44)40-26-11-14-29-47(40)53-50)39-25-10-13-28-45(39)52(46,37-21-6-2-7-22-37)38-23-8-3-9-24-38/h1-33H. The topological polar surface area (TPSA) is 38.7 Å². The molecule has 0 aliphatic heterocycles. The van der Waals surface area contributed by atoms with Crippen molar-refractivity contribution in [2.24, 2.45) is 0 Å². The Labute approximate surface area is 319 Å². The van der Waals surface area contributed by atoms with Crippen LogP contribution in [-0.2, 0) is 5.41 Å². The first-order chi connectivity index (χ1) is 27.3. The molecule has 0 radical (unpaired) electrons. The Morgan fingerprint density at radius 1 is 0.309 bits per heavy atom. The van der Waals surface area contributed by atoms with Crippen molar-refractivity contribution < 1.29 is 0 Å². The molecule has 0 amide bonds. The molecular formula is C52H33N3. The maximum atomic E-state index is 5.45. The summed E-state index contributed by atoms with van der Waals surface area (Å²) in [5.41, 5.74) is 13.8. The van der Waals surface area contributed by atoms with E-state index in [4.69, 9.17) is 15.0 Å². The Bertz CT molecular complexity index is 3040. The predicted octanol–water partition coefficient (Wildman–Crippen LogP) is 12.7. The molecular weight excluding hydrogens is 667 g/mol. The Balaban J connectivity index is 1.19. The van der Waals surface area contributed by atoms with Gasteiger partial charge >= 0.3 is 0 Å². The molecule has 0 saturated heterocycles. The molecule has 0 saturated carbocycles. The van der Waals surface area contributed by atoms with E-state index in [2.05, 4.69) is 188 Å². The average molecular weight is 700 g/mol. The van der Waals surface area contributed by atoms with Crippen LogP contribution in [0.2, 0.25) is 0 Å². The molecule has 10 aromatic rings. The van der Waals surface area contributed by atoms with E-state index in [1.807, 2.05) is 12.1 Å². The lowest BCUT2D eigenvalue weighted by Crippen LogP contribution is -2.28. The summed E-state index contributed by atoms with van der Waals surface area (Å²) < 4.78 is 0. The second kappa shape index (κ2) is 12.4. The molecule has 0 atom stereocenters. The van der Waals surface area contributed by atoms with Gasteiger partial charge in [0.25, 0.3) is 0 Å². The van der Waals surface area contributed by atoms with Crippen LogP contribution in [0.4, 0.5) is 0 Å². The zero-order valence-electron chi connectivity index (χ0n) is 29.9. The largest absolute Gasteiger partial charge is 0.247 e. The van der Waals surface area contributed by atoms with Crippen LogP contribution < -0.4 is 0 Å². The number of hydrogen-bond donors (Lipinski definition) is 0. The third-order valence-electron chi connectivity index (χ3n) is 11.3. The lowest BCUT2D eigenvalue weighted by Gasteiger charge is -2.34. The number of rotatable bonds is 5. The lowest BCUT2D eigenvalue weighted by molar-refractivity contribution is 0.769. The molecule has 0 spiro atoms. The van der Waals surface area contributed by atoms with Crippen LogP contribution in [0.3, 0.4) is 0 Å². The molecule has 0 fully saturated rings. The Hall–Kier alpha value is -7.23. The van der Waals surface area contributed by atoms with Gasteiger partial charge in [-0.3, -0.25) is 0 Å². The van der Waals surface area contributed by atoms with Crippen molar-refractivity contribution in [3.8, 4) is 45.0 Å². The van der Waals surface area contributed by atoms with Crippen LogP contribution in [0.25, 0.3) is 77.6 Å². The van der Waals surface area contributed by atoms with Gasteiger partial charge in [0, 0.05) is 32.8 Å². The maximum Gasteiger partial charge on any atom is 0.160 e. The van der Waals surface area contributed by atoms with Crippen molar-refractivity contribution in [3.05, 3.63) is 222 Å². The molecule has 2 aromatic heterocycles. The minimum Gasteiger partial charge on any atom is -0.247 e. The third-order valence-corrected chi connectivity index (χ3v) is 11.3. The number of benzene rings is 8. The second-order valence-electron chi connectivity index (χ2n) is 14.3. The highest BCUT2D eigenvalue weighted by molar-refractivity contribution is 6.13. The molecule has 0 bridgehead atoms. The number of hydrogen-bond acceptors (Lipinski definition) is 3. The maximum absolute atomic E-state index is 5.45. The zero-order chi connectivity index (χ0) is 36.3. The SMILES string of the molecule is c1ccc(-c2nc(-c3cccc(-c4nc5ccccc5c5cc6c(cc45)C(c4ccccc4)(c4ccccc4)c4ccccc4-6)c3)nc3ccccc23)cc1. The first-order valence-electron chi connectivity index (χ1n) is 18.8. The molecule has 0 N–H and O–H groups in total. The highest BCUT2D eigenvalue weighted by atomic mass is 14.9. The van der Waals surface area contributed by atoms with Crippen LogP contribution in [-0.4, -0.2) is 15.0 Å². The van der Waals surface area contributed by atoms with Gasteiger partial charge in [-0.1, -0.05) is 170 Å². The van der Waals surface area contributed by atoms with Gasteiger partial charge in [-0.25, -0.2) is 15.0 Å². The van der Waals surface area contributed by atoms with E-state index >= 15 is 0 Å². The molecule has 11 rings (SSSR count). The molecule has 8 aromatic carbocycles. The average Bonchev–Trinajstić information content (AvgIpc) is 3.56. The van der Waals surface area contributed by atoms with E-state index in [0.717, 1.165) is 55.3 Å². The van der Waals surface area contributed by atoms with Gasteiger partial charge in [-0.05, 0) is 69.1 Å². The van der Waals surface area contributed by atoms with Crippen LogP contribution in [0, 0.1) is 0 Å². The molecule has 3 heteroatoms. The van der Waals surface area contributed by atoms with Crippen molar-refractivity contribution >= 4 is 32.6 Å². The first kappa shape index (κ1) is 31.3. The Morgan fingerprint density at radius 3 is 1.62 bits per heavy atom. The summed E-state index contributed by atoms with van der Waals surface area (Å²) in [6, 6.07) is 71.5. The van der Waals surface area contributed by atoms with Crippen molar-refractivity contribution in [3.63, 3.8) is 0 Å². The fourth-order valence-corrected chi connectivity index (χ4v) is 8.93. The number of pyridine rings is 1. The first-order valence-corrected chi connectivity index (χ1v) is 18.8. The fraction of sp³-hybridized carbons (Fsp3) is 0.0192. The molecule has 3 nitrogen and oxygen atoms in total. The van der Waals surface area contributed by atoms with Gasteiger partial charge in [-0.2, -0.15) is 0 Å². The van der Waals surface area contributed by atoms with Crippen LogP contribution >= 0.6 is 0 Å². The van der Waals surface area contributed by atoms with Gasteiger partial charge in [0.05, 0.1) is 27.8 Å². The van der Waals surface area contributed by atoms with Crippen molar-refractivity contribution in [1.82, 2.24) is 15.0 Å². The minimum atomic E-state index is -0.514. The number of nitrogens with zero attached hydrogens (tertiary/aromatic N) is 3. The molecule has 256 valence electrons. The molecule has 1 aliphatic rings. The van der Waals surface area contributed by atoms with Gasteiger partial charge < -0.3 is 0 Å². The molecule has 1 aliphatic carbocycles. The van der Waals surface area contributed by atoms with Crippen LogP contribution in [0.15, 0.2) is 200 Å². The minimum absolute atomic E-state index is 0.514. The summed E-state index contributed by atoms with van der Waals surface area (Å²) >= 11 is 0. The summed E-state index contributed by atoms with van der Waals surface area (Å²) in [5, 5.41) is 4.47. The van der Waals surface area contributed by atoms with Gasteiger partial charge in [0.1, 0.15) is 0 Å². The van der Waals surface area contributed by atoms with E-state index in [-0.39, 0.29) is 0 Å². The van der Waals surface area contributed by atoms with E-state index in [1.165, 1.54) is 38.8 Å². The van der Waals surface area contributed by atoms with E-state index in [1.54, 1.807) is 0 Å². The van der Waals surface area contributed by atoms with Crippen molar-refractivity contribution in [1.29, 1.82) is 0 Å².